The Morgan fingerprint density at radius 2 is 1.34 bits per heavy atom. The van der Waals surface area contributed by atoms with E-state index in [0.29, 0.717) is 0 Å². The smallest absolute Gasteiger partial charge is 0.0420 e. The molecular weight excluding hydrogens is 386 g/mol. The fourth-order valence-electron chi connectivity index (χ4n) is 4.98. The maximum absolute atomic E-state index is 8.58. The molecule has 1 aliphatic rings. The molecule has 1 aliphatic carbocycles. The zero-order valence-electron chi connectivity index (χ0n) is 21.2. The van der Waals surface area contributed by atoms with Crippen LogP contribution in [0.5, 0.6) is 0 Å². The highest BCUT2D eigenvalue weighted by molar-refractivity contribution is 5.84. The molecule has 0 aliphatic heterocycles. The van der Waals surface area contributed by atoms with Gasteiger partial charge in [0.25, 0.3) is 0 Å². The molecule has 2 unspecified atom stereocenters. The molecule has 1 heteroatoms. The van der Waals surface area contributed by atoms with Crippen LogP contribution in [0, 0.1) is 0 Å². The van der Waals surface area contributed by atoms with E-state index >= 15 is 0 Å². The minimum absolute atomic E-state index is 0.102. The van der Waals surface area contributed by atoms with Gasteiger partial charge < -0.3 is 5.32 Å². The van der Waals surface area contributed by atoms with Gasteiger partial charge in [0, 0.05) is 19.5 Å². The molecule has 4 aromatic carbocycles. The first-order chi connectivity index (χ1) is 16.3. The Balaban J connectivity index is 1.61. The molecule has 0 saturated carbocycles. The first kappa shape index (κ1) is 18.3. The first-order valence-electron chi connectivity index (χ1n) is 12.5. The van der Waals surface area contributed by atoms with Gasteiger partial charge in [-0.15, -0.1) is 0 Å². The van der Waals surface area contributed by atoms with Gasteiger partial charge in [0.1, 0.15) is 0 Å². The van der Waals surface area contributed by atoms with Gasteiger partial charge in [0.15, 0.2) is 0 Å². The van der Waals surface area contributed by atoms with Gasteiger partial charge in [0.2, 0.25) is 0 Å². The van der Waals surface area contributed by atoms with Crippen LogP contribution in [0.3, 0.4) is 0 Å². The third-order valence-electron chi connectivity index (χ3n) is 6.80. The third kappa shape index (κ3) is 3.33. The van der Waals surface area contributed by atoms with Crippen molar-refractivity contribution in [3.05, 3.63) is 107 Å². The van der Waals surface area contributed by atoms with E-state index in [0.717, 1.165) is 33.6 Å². The fraction of sp³-hybridized carbons (Fsp3) is 0.226. The van der Waals surface area contributed by atoms with Crippen molar-refractivity contribution in [1.82, 2.24) is 0 Å². The highest BCUT2D eigenvalue weighted by Crippen LogP contribution is 2.50. The molecule has 1 nitrogen and oxygen atoms in total. The first-order valence-corrected chi connectivity index (χ1v) is 11.4. The Kier molecular flexibility index (Phi) is 4.56. The summed E-state index contributed by atoms with van der Waals surface area (Å²) in [6.45, 7) is 8.38. The number of nitrogens with one attached hydrogen (secondary N) is 1. The molecule has 0 spiro atoms. The van der Waals surface area contributed by atoms with Crippen LogP contribution < -0.4 is 5.32 Å². The number of benzene rings is 4. The Bertz CT molecular complexity index is 1350. The summed E-state index contributed by atoms with van der Waals surface area (Å²) < 4.78 is 17.1. The number of rotatable bonds is 5. The van der Waals surface area contributed by atoms with E-state index in [9.17, 15) is 0 Å². The summed E-state index contributed by atoms with van der Waals surface area (Å²) in [5.74, 6) is 0. The molecule has 0 bridgehead atoms. The molecule has 32 heavy (non-hydrogen) atoms. The van der Waals surface area contributed by atoms with E-state index in [-0.39, 0.29) is 18.2 Å². The van der Waals surface area contributed by atoms with Crippen molar-refractivity contribution in [2.75, 3.05) is 5.32 Å². The van der Waals surface area contributed by atoms with Gasteiger partial charge in [-0.2, -0.15) is 0 Å². The summed E-state index contributed by atoms with van der Waals surface area (Å²) in [5.41, 5.74) is 11.1. The van der Waals surface area contributed by atoms with Crippen LogP contribution in [0.25, 0.3) is 22.3 Å². The van der Waals surface area contributed by atoms with Crippen LogP contribution in [0.4, 0.5) is 11.4 Å². The second-order valence-electron chi connectivity index (χ2n) is 9.03. The molecule has 0 heterocycles. The normalized spacial score (nSPS) is 16.4. The Morgan fingerprint density at radius 1 is 0.656 bits per heavy atom. The molecule has 2 atom stereocenters. The number of hydrogen-bond acceptors (Lipinski definition) is 1. The predicted octanol–water partition coefficient (Wildman–Crippen LogP) is 8.53. The quantitative estimate of drug-likeness (QED) is 0.342. The van der Waals surface area contributed by atoms with Gasteiger partial charge >= 0.3 is 0 Å². The van der Waals surface area contributed by atoms with Crippen molar-refractivity contribution in [2.45, 2.75) is 45.9 Å². The molecule has 4 aromatic rings. The average Bonchev–Trinajstić information content (AvgIpc) is 3.05. The van der Waals surface area contributed by atoms with E-state index in [1.165, 1.54) is 22.3 Å². The zero-order chi connectivity index (χ0) is 24.0. The van der Waals surface area contributed by atoms with Crippen LogP contribution in [-0.2, 0) is 18.2 Å². The number of anilines is 2. The summed E-state index contributed by atoms with van der Waals surface area (Å²) >= 11 is 0. The summed E-state index contributed by atoms with van der Waals surface area (Å²) in [5, 5.41) is 3.64. The van der Waals surface area contributed by atoms with E-state index < -0.39 is 0 Å². The van der Waals surface area contributed by atoms with Crippen molar-refractivity contribution < 1.29 is 2.74 Å². The van der Waals surface area contributed by atoms with Crippen LogP contribution in [-0.4, -0.2) is 0 Å². The van der Waals surface area contributed by atoms with E-state index in [2.05, 4.69) is 85.9 Å². The van der Waals surface area contributed by atoms with Crippen LogP contribution in [0.2, 0.25) is 0 Å². The third-order valence-corrected chi connectivity index (χ3v) is 6.80. The van der Waals surface area contributed by atoms with Crippen molar-refractivity contribution in [1.29, 1.82) is 0 Å². The van der Waals surface area contributed by atoms with Gasteiger partial charge in [-0.3, -0.25) is 0 Å². The summed E-state index contributed by atoms with van der Waals surface area (Å²) in [6, 6.07) is 29.6. The molecular formula is C31H31N. The zero-order valence-corrected chi connectivity index (χ0v) is 19.2. The summed E-state index contributed by atoms with van der Waals surface area (Å²) in [4.78, 5) is 0. The standard InChI is InChI=1S/C31H31N/c1-5-21-18-24(23-12-8-7-9-13-23)16-17-29(21)32-30-20-28-26(19-22(30)6-2)25-14-10-11-15-27(25)31(28,3)4/h7-20,32H,5-6H2,1-4H3/i5D,6D. The molecule has 0 saturated heterocycles. The maximum atomic E-state index is 8.58. The van der Waals surface area contributed by atoms with Crippen molar-refractivity contribution in [3.8, 4) is 22.3 Å². The lowest BCUT2D eigenvalue weighted by molar-refractivity contribution is 0.660. The van der Waals surface area contributed by atoms with E-state index in [1.807, 2.05) is 32.0 Å². The monoisotopic (exact) mass is 419 g/mol. The van der Waals surface area contributed by atoms with Crippen LogP contribution in [0.1, 0.15) is 52.7 Å². The molecule has 5 rings (SSSR count). The van der Waals surface area contributed by atoms with Crippen molar-refractivity contribution >= 4 is 11.4 Å². The Morgan fingerprint density at radius 3 is 2.09 bits per heavy atom. The lowest BCUT2D eigenvalue weighted by atomic mass is 9.82. The van der Waals surface area contributed by atoms with Gasteiger partial charge in [-0.05, 0) is 81.6 Å². The van der Waals surface area contributed by atoms with E-state index in [4.69, 9.17) is 2.74 Å². The topological polar surface area (TPSA) is 12.0 Å². The number of aryl methyl sites for hydroxylation is 2. The second kappa shape index (κ2) is 7.98. The Labute approximate surface area is 195 Å². The van der Waals surface area contributed by atoms with Gasteiger partial charge in [0.05, 0.1) is 0 Å². The van der Waals surface area contributed by atoms with Crippen molar-refractivity contribution in [2.24, 2.45) is 0 Å². The molecule has 160 valence electrons. The highest BCUT2D eigenvalue weighted by Gasteiger charge is 2.35. The number of fused-ring (bicyclic) bond motifs is 3. The largest absolute Gasteiger partial charge is 0.355 e. The van der Waals surface area contributed by atoms with Gasteiger partial charge in [-0.1, -0.05) is 88.4 Å². The average molecular weight is 420 g/mol. The highest BCUT2D eigenvalue weighted by atomic mass is 14.9. The SMILES string of the molecule is [2H]C(C)c1cc(-c2ccccc2)ccc1Nc1cc2c(cc1C([2H])C)-c1ccccc1C2(C)C. The molecule has 1 N–H and O–H groups in total. The van der Waals surface area contributed by atoms with Crippen LogP contribution in [0.15, 0.2) is 84.9 Å². The Hall–Kier alpha value is -3.32. The predicted molar refractivity (Wildman–Crippen MR) is 138 cm³/mol. The van der Waals surface area contributed by atoms with Gasteiger partial charge in [-0.25, -0.2) is 0 Å². The minimum atomic E-state index is -0.377. The molecule has 0 amide bonds. The van der Waals surface area contributed by atoms with Crippen molar-refractivity contribution in [3.63, 3.8) is 0 Å². The second-order valence-corrected chi connectivity index (χ2v) is 9.03. The lowest BCUT2D eigenvalue weighted by Crippen LogP contribution is -2.15. The van der Waals surface area contributed by atoms with E-state index in [1.54, 1.807) is 0 Å². The minimum Gasteiger partial charge on any atom is -0.355 e. The lowest BCUT2D eigenvalue weighted by Gasteiger charge is -2.23. The summed E-state index contributed by atoms with van der Waals surface area (Å²) in [7, 11) is 0. The summed E-state index contributed by atoms with van der Waals surface area (Å²) in [6.07, 6.45) is -0.748. The molecule has 0 aromatic heterocycles. The van der Waals surface area contributed by atoms with Crippen LogP contribution >= 0.6 is 0 Å². The molecule has 0 fully saturated rings. The maximum Gasteiger partial charge on any atom is 0.0420 e. The number of hydrogen-bond donors (Lipinski definition) is 1. The molecule has 0 radical (unpaired) electrons. The fourth-order valence-corrected chi connectivity index (χ4v) is 4.98.